The Hall–Kier alpha value is -2.43. The molecule has 0 aliphatic carbocycles. The Morgan fingerprint density at radius 3 is 2.75 bits per heavy atom. The minimum absolute atomic E-state index is 0.146. The van der Waals surface area contributed by atoms with Crippen molar-refractivity contribution < 1.29 is 9.59 Å². The van der Waals surface area contributed by atoms with E-state index in [2.05, 4.69) is 35.0 Å². The summed E-state index contributed by atoms with van der Waals surface area (Å²) in [6.07, 6.45) is 8.34. The van der Waals surface area contributed by atoms with E-state index >= 15 is 0 Å². The maximum absolute atomic E-state index is 12.5. The predicted molar refractivity (Wildman–Crippen MR) is 109 cm³/mol. The Kier molecular flexibility index (Phi) is 5.60. The second-order valence-electron chi connectivity index (χ2n) is 8.23. The van der Waals surface area contributed by atoms with Gasteiger partial charge in [0.25, 0.3) is 0 Å². The number of likely N-dealkylation sites (tertiary alicyclic amines) is 1. The Labute approximate surface area is 166 Å². The van der Waals surface area contributed by atoms with Gasteiger partial charge in [0.15, 0.2) is 0 Å². The number of hydrogen-bond acceptors (Lipinski definition) is 3. The van der Waals surface area contributed by atoms with Crippen molar-refractivity contribution in [2.75, 3.05) is 13.1 Å². The maximum Gasteiger partial charge on any atom is 0.219 e. The summed E-state index contributed by atoms with van der Waals surface area (Å²) in [4.78, 5) is 30.5. The highest BCUT2D eigenvalue weighted by molar-refractivity contribution is 5.79. The van der Waals surface area contributed by atoms with Crippen molar-refractivity contribution in [1.29, 1.82) is 0 Å². The zero-order valence-corrected chi connectivity index (χ0v) is 16.7. The topological polar surface area (TPSA) is 55.2 Å². The zero-order chi connectivity index (χ0) is 19.5. The first-order valence-corrected chi connectivity index (χ1v) is 10.5. The smallest absolute Gasteiger partial charge is 0.219 e. The van der Waals surface area contributed by atoms with Gasteiger partial charge in [-0.3, -0.25) is 9.59 Å². The molecule has 0 spiro atoms. The van der Waals surface area contributed by atoms with Gasteiger partial charge in [-0.25, -0.2) is 4.98 Å². The number of benzene rings is 1. The van der Waals surface area contributed by atoms with Crippen molar-refractivity contribution in [3.63, 3.8) is 0 Å². The lowest BCUT2D eigenvalue weighted by Gasteiger charge is -2.30. The number of fused-ring (bicyclic) bond motifs is 1. The van der Waals surface area contributed by atoms with Crippen LogP contribution in [-0.4, -0.2) is 39.2 Å². The van der Waals surface area contributed by atoms with E-state index in [1.54, 1.807) is 6.92 Å². The van der Waals surface area contributed by atoms with Gasteiger partial charge < -0.3 is 9.47 Å². The standard InChI is InChI=1S/C23H29N3O2/c1-17(27)25-12-9-19(10-13-25)15-21(28)8-7-18-4-2-5-20(14-18)22-16-26-11-3-6-23(26)24-22/h2,4-5,14,16,19H,3,6-13,15H2,1H3. The summed E-state index contributed by atoms with van der Waals surface area (Å²) in [5.41, 5.74) is 3.38. The van der Waals surface area contributed by atoms with E-state index in [-0.39, 0.29) is 5.91 Å². The highest BCUT2D eigenvalue weighted by atomic mass is 16.2. The summed E-state index contributed by atoms with van der Waals surface area (Å²) >= 11 is 0. The number of Topliss-reactive ketones (excluding diaryl/α,β-unsaturated/α-hetero) is 1. The van der Waals surface area contributed by atoms with Gasteiger partial charge in [0.1, 0.15) is 11.6 Å². The molecule has 5 heteroatoms. The SMILES string of the molecule is CC(=O)N1CCC(CC(=O)CCc2cccc(-c3cn4c(n3)CCC4)c2)CC1. The highest BCUT2D eigenvalue weighted by Crippen LogP contribution is 2.25. The van der Waals surface area contributed by atoms with Crippen LogP contribution in [0.25, 0.3) is 11.3 Å². The Bertz CT molecular complexity index is 841. The van der Waals surface area contributed by atoms with Gasteiger partial charge in [-0.05, 0) is 43.2 Å². The monoisotopic (exact) mass is 379 g/mol. The fraction of sp³-hybridized carbons (Fsp3) is 0.522. The molecular formula is C23H29N3O2. The van der Waals surface area contributed by atoms with Gasteiger partial charge in [-0.2, -0.15) is 0 Å². The van der Waals surface area contributed by atoms with E-state index in [0.717, 1.165) is 56.6 Å². The van der Waals surface area contributed by atoms with Crippen molar-refractivity contribution in [2.24, 2.45) is 5.92 Å². The largest absolute Gasteiger partial charge is 0.343 e. The maximum atomic E-state index is 12.5. The van der Waals surface area contributed by atoms with Gasteiger partial charge in [0.05, 0.1) is 5.69 Å². The number of aryl methyl sites for hydroxylation is 3. The van der Waals surface area contributed by atoms with Crippen molar-refractivity contribution in [2.45, 2.75) is 58.4 Å². The molecule has 1 saturated heterocycles. The third-order valence-electron chi connectivity index (χ3n) is 6.15. The first kappa shape index (κ1) is 18.9. The zero-order valence-electron chi connectivity index (χ0n) is 16.7. The first-order valence-electron chi connectivity index (χ1n) is 10.5. The molecule has 148 valence electrons. The van der Waals surface area contributed by atoms with Crippen LogP contribution in [0.15, 0.2) is 30.5 Å². The third kappa shape index (κ3) is 4.34. The summed E-state index contributed by atoms with van der Waals surface area (Å²) < 4.78 is 2.25. The molecule has 0 unspecified atom stereocenters. The number of hydrogen-bond donors (Lipinski definition) is 0. The Morgan fingerprint density at radius 2 is 2.00 bits per heavy atom. The average Bonchev–Trinajstić information content (AvgIpc) is 3.29. The summed E-state index contributed by atoms with van der Waals surface area (Å²) in [6, 6.07) is 8.45. The number of aromatic nitrogens is 2. The van der Waals surface area contributed by atoms with E-state index in [0.29, 0.717) is 24.5 Å². The lowest BCUT2D eigenvalue weighted by Crippen LogP contribution is -2.37. The van der Waals surface area contributed by atoms with Crippen LogP contribution in [0, 0.1) is 5.92 Å². The molecule has 1 fully saturated rings. The molecule has 2 aliphatic heterocycles. The number of carbonyl (C=O) groups excluding carboxylic acids is 2. The minimum Gasteiger partial charge on any atom is -0.343 e. The van der Waals surface area contributed by atoms with Crippen molar-refractivity contribution >= 4 is 11.7 Å². The third-order valence-corrected chi connectivity index (χ3v) is 6.15. The van der Waals surface area contributed by atoms with Crippen molar-refractivity contribution in [3.05, 3.63) is 41.9 Å². The fourth-order valence-electron chi connectivity index (χ4n) is 4.44. The molecule has 0 N–H and O–H groups in total. The van der Waals surface area contributed by atoms with Crippen LogP contribution >= 0.6 is 0 Å². The molecular weight excluding hydrogens is 350 g/mol. The van der Waals surface area contributed by atoms with Gasteiger partial charge >= 0.3 is 0 Å². The van der Waals surface area contributed by atoms with Crippen LogP contribution in [-0.2, 0) is 29.0 Å². The van der Waals surface area contributed by atoms with E-state index < -0.39 is 0 Å². The molecule has 1 aromatic carbocycles. The van der Waals surface area contributed by atoms with Gasteiger partial charge in [0, 0.05) is 57.6 Å². The molecule has 5 nitrogen and oxygen atoms in total. The number of nitrogens with zero attached hydrogens (tertiary/aromatic N) is 3. The van der Waals surface area contributed by atoms with E-state index in [1.807, 2.05) is 4.90 Å². The Morgan fingerprint density at radius 1 is 1.18 bits per heavy atom. The van der Waals surface area contributed by atoms with Crippen LogP contribution < -0.4 is 0 Å². The van der Waals surface area contributed by atoms with Crippen LogP contribution in [0.5, 0.6) is 0 Å². The predicted octanol–water partition coefficient (Wildman–Crippen LogP) is 3.65. The quantitative estimate of drug-likeness (QED) is 0.770. The number of piperidine rings is 1. The van der Waals surface area contributed by atoms with Gasteiger partial charge in [-0.15, -0.1) is 0 Å². The van der Waals surface area contributed by atoms with Gasteiger partial charge in [0.2, 0.25) is 5.91 Å². The molecule has 0 bridgehead atoms. The molecule has 0 saturated carbocycles. The van der Waals surface area contributed by atoms with Crippen LogP contribution in [0.3, 0.4) is 0 Å². The lowest BCUT2D eigenvalue weighted by molar-refractivity contribution is -0.130. The van der Waals surface area contributed by atoms with Crippen LogP contribution in [0.4, 0.5) is 0 Å². The molecule has 0 radical (unpaired) electrons. The van der Waals surface area contributed by atoms with Crippen molar-refractivity contribution in [1.82, 2.24) is 14.5 Å². The average molecular weight is 380 g/mol. The number of rotatable bonds is 6. The molecule has 28 heavy (non-hydrogen) atoms. The summed E-state index contributed by atoms with van der Waals surface area (Å²) in [5, 5.41) is 0. The summed E-state index contributed by atoms with van der Waals surface area (Å²) in [7, 11) is 0. The number of ketones is 1. The molecule has 2 aromatic rings. The van der Waals surface area contributed by atoms with E-state index in [4.69, 9.17) is 4.98 Å². The minimum atomic E-state index is 0.146. The normalized spacial score (nSPS) is 17.0. The molecule has 4 rings (SSSR count). The number of amides is 1. The van der Waals surface area contributed by atoms with E-state index in [1.165, 1.54) is 17.8 Å². The molecule has 0 atom stereocenters. The molecule has 1 amide bonds. The molecule has 1 aromatic heterocycles. The highest BCUT2D eigenvalue weighted by Gasteiger charge is 2.22. The molecule has 2 aliphatic rings. The second-order valence-corrected chi connectivity index (χ2v) is 8.23. The van der Waals surface area contributed by atoms with E-state index in [9.17, 15) is 9.59 Å². The first-order chi connectivity index (χ1) is 13.6. The second kappa shape index (κ2) is 8.29. The number of carbonyl (C=O) groups is 2. The fourth-order valence-corrected chi connectivity index (χ4v) is 4.44. The molecule has 3 heterocycles. The van der Waals surface area contributed by atoms with Crippen molar-refractivity contribution in [3.8, 4) is 11.3 Å². The lowest BCUT2D eigenvalue weighted by atomic mass is 9.90. The van der Waals surface area contributed by atoms with Crippen LogP contribution in [0.2, 0.25) is 0 Å². The van der Waals surface area contributed by atoms with Gasteiger partial charge in [-0.1, -0.05) is 18.2 Å². The summed E-state index contributed by atoms with van der Waals surface area (Å²) in [5.74, 6) is 2.11. The number of imidazole rings is 1. The Balaban J connectivity index is 1.29. The van der Waals surface area contributed by atoms with Crippen LogP contribution in [0.1, 0.15) is 50.4 Å². The summed E-state index contributed by atoms with van der Waals surface area (Å²) in [6.45, 7) is 4.28.